The van der Waals surface area contributed by atoms with Gasteiger partial charge in [-0.2, -0.15) is 23.0 Å². The molecule has 1 fully saturated rings. The van der Waals surface area contributed by atoms with Crippen LogP contribution >= 0.6 is 0 Å². The van der Waals surface area contributed by atoms with Crippen molar-refractivity contribution >= 4 is 21.6 Å². The van der Waals surface area contributed by atoms with Crippen molar-refractivity contribution in [1.29, 1.82) is 0 Å². The first-order valence-corrected chi connectivity index (χ1v) is 8.92. The number of hydrogen-bond acceptors (Lipinski definition) is 5. The van der Waals surface area contributed by atoms with Crippen LogP contribution in [-0.2, 0) is 28.0 Å². The highest BCUT2D eigenvalue weighted by molar-refractivity contribution is 7.89. The Labute approximate surface area is 146 Å². The number of carbonyl (C=O) groups excluding carboxylic acids is 1. The zero-order chi connectivity index (χ0) is 19.1. The third kappa shape index (κ3) is 3.55. The summed E-state index contributed by atoms with van der Waals surface area (Å²) in [6, 6.07) is 0.367. The molecule has 0 radical (unpaired) electrons. The van der Waals surface area contributed by atoms with Gasteiger partial charge >= 0.3 is 6.18 Å². The Hall–Kier alpha value is -2.47. The van der Waals surface area contributed by atoms with Gasteiger partial charge in [0, 0.05) is 26.0 Å². The van der Waals surface area contributed by atoms with E-state index in [9.17, 15) is 26.4 Å². The molecular weight excluding hydrogens is 375 g/mol. The van der Waals surface area contributed by atoms with E-state index in [2.05, 4.69) is 14.8 Å². The number of nitrogens with one attached hydrogen (secondary N) is 1. The number of halogens is 3. The molecule has 0 aromatic carbocycles. The van der Waals surface area contributed by atoms with E-state index in [1.807, 2.05) is 0 Å². The summed E-state index contributed by atoms with van der Waals surface area (Å²) in [6.07, 6.45) is -0.727. The Morgan fingerprint density at radius 2 is 2.00 bits per heavy atom. The summed E-state index contributed by atoms with van der Waals surface area (Å²) in [5.74, 6) is -0.457. The van der Waals surface area contributed by atoms with Gasteiger partial charge in [-0.25, -0.2) is 8.42 Å². The molecule has 3 heterocycles. The van der Waals surface area contributed by atoms with Crippen molar-refractivity contribution in [2.24, 2.45) is 7.05 Å². The van der Waals surface area contributed by atoms with E-state index in [1.54, 1.807) is 13.2 Å². The maximum absolute atomic E-state index is 12.5. The Morgan fingerprint density at radius 3 is 2.54 bits per heavy atom. The van der Waals surface area contributed by atoms with Crippen LogP contribution in [0, 0.1) is 0 Å². The van der Waals surface area contributed by atoms with Gasteiger partial charge in [0.25, 0.3) is 0 Å². The summed E-state index contributed by atoms with van der Waals surface area (Å²) in [4.78, 5) is 16.5. The first-order valence-electron chi connectivity index (χ1n) is 7.43. The van der Waals surface area contributed by atoms with E-state index in [1.165, 1.54) is 15.8 Å². The van der Waals surface area contributed by atoms with Crippen molar-refractivity contribution in [2.75, 3.05) is 11.4 Å². The van der Waals surface area contributed by atoms with Gasteiger partial charge < -0.3 is 4.90 Å². The van der Waals surface area contributed by atoms with Crippen molar-refractivity contribution in [3.63, 3.8) is 0 Å². The van der Waals surface area contributed by atoms with Crippen LogP contribution in [0.4, 0.5) is 18.9 Å². The fraction of sp³-hybridized carbons (Fsp3) is 0.357. The minimum Gasteiger partial charge on any atom is -0.308 e. The lowest BCUT2D eigenvalue weighted by Crippen LogP contribution is -2.41. The minimum absolute atomic E-state index is 0.223. The molecule has 0 spiro atoms. The fourth-order valence-corrected chi connectivity index (χ4v) is 3.72. The van der Waals surface area contributed by atoms with Crippen LogP contribution in [0.2, 0.25) is 0 Å². The maximum atomic E-state index is 12.5. The zero-order valence-electron chi connectivity index (χ0n) is 13.4. The van der Waals surface area contributed by atoms with Crippen molar-refractivity contribution < 1.29 is 26.4 Å². The van der Waals surface area contributed by atoms with Gasteiger partial charge in [0.05, 0.1) is 11.9 Å². The SMILES string of the molecule is Cn1cc(N2CC[C@@H](NS(=O)(=O)c3ccc(C(F)(F)F)nc3)C2=O)cn1. The number of carbonyl (C=O) groups is 1. The molecule has 3 rings (SSSR count). The predicted octanol–water partition coefficient (Wildman–Crippen LogP) is 0.918. The summed E-state index contributed by atoms with van der Waals surface area (Å²) < 4.78 is 65.9. The van der Waals surface area contributed by atoms with Gasteiger partial charge in [-0.15, -0.1) is 0 Å². The van der Waals surface area contributed by atoms with Crippen LogP contribution in [0.1, 0.15) is 12.1 Å². The molecule has 0 unspecified atom stereocenters. The van der Waals surface area contributed by atoms with Crippen LogP contribution in [0.3, 0.4) is 0 Å². The van der Waals surface area contributed by atoms with Crippen LogP contribution in [0.15, 0.2) is 35.6 Å². The summed E-state index contributed by atoms with van der Waals surface area (Å²) in [5.41, 5.74) is -0.661. The lowest BCUT2D eigenvalue weighted by atomic mass is 10.3. The highest BCUT2D eigenvalue weighted by atomic mass is 32.2. The van der Waals surface area contributed by atoms with E-state index in [0.29, 0.717) is 24.5 Å². The second-order valence-electron chi connectivity index (χ2n) is 5.70. The average molecular weight is 389 g/mol. The molecule has 12 heteroatoms. The van der Waals surface area contributed by atoms with Crippen LogP contribution in [0.5, 0.6) is 0 Å². The van der Waals surface area contributed by atoms with E-state index >= 15 is 0 Å². The number of aryl methyl sites for hydroxylation is 1. The summed E-state index contributed by atoms with van der Waals surface area (Å²) in [6.45, 7) is 0.295. The third-order valence-corrected chi connectivity index (χ3v) is 5.30. The Balaban J connectivity index is 1.75. The van der Waals surface area contributed by atoms with Crippen molar-refractivity contribution in [3.05, 3.63) is 36.4 Å². The topological polar surface area (TPSA) is 97.2 Å². The van der Waals surface area contributed by atoms with Gasteiger partial charge in [0.15, 0.2) is 0 Å². The van der Waals surface area contributed by atoms with E-state index in [4.69, 9.17) is 0 Å². The predicted molar refractivity (Wildman–Crippen MR) is 83.5 cm³/mol. The molecule has 1 N–H and O–H groups in total. The minimum atomic E-state index is -4.67. The number of hydrogen-bond donors (Lipinski definition) is 1. The molecule has 1 saturated heterocycles. The Morgan fingerprint density at radius 1 is 1.27 bits per heavy atom. The van der Waals surface area contributed by atoms with Crippen molar-refractivity contribution in [2.45, 2.75) is 23.5 Å². The maximum Gasteiger partial charge on any atom is 0.433 e. The first-order chi connectivity index (χ1) is 12.1. The number of sulfonamides is 1. The molecule has 2 aromatic rings. The molecule has 0 aliphatic carbocycles. The van der Waals surface area contributed by atoms with E-state index in [-0.39, 0.29) is 6.42 Å². The normalized spacial score (nSPS) is 18.5. The molecule has 1 amide bonds. The largest absolute Gasteiger partial charge is 0.433 e. The van der Waals surface area contributed by atoms with E-state index in [0.717, 1.165) is 6.07 Å². The molecule has 0 bridgehead atoms. The Bertz CT molecular complexity index is 924. The number of amides is 1. The molecule has 1 aliphatic heterocycles. The van der Waals surface area contributed by atoms with Crippen LogP contribution in [-0.4, -0.2) is 41.7 Å². The highest BCUT2D eigenvalue weighted by Crippen LogP contribution is 2.28. The average Bonchev–Trinajstić information content (AvgIpc) is 3.13. The molecule has 1 atom stereocenters. The summed E-state index contributed by atoms with van der Waals surface area (Å²) in [7, 11) is -2.51. The van der Waals surface area contributed by atoms with Crippen LogP contribution in [0.25, 0.3) is 0 Å². The Kier molecular flexibility index (Phi) is 4.48. The summed E-state index contributed by atoms with van der Waals surface area (Å²) >= 11 is 0. The molecule has 2 aromatic heterocycles. The zero-order valence-corrected chi connectivity index (χ0v) is 14.3. The number of rotatable bonds is 4. The molecule has 140 valence electrons. The number of anilines is 1. The van der Waals surface area contributed by atoms with Gasteiger partial charge in [-0.05, 0) is 18.6 Å². The number of nitrogens with zero attached hydrogens (tertiary/aromatic N) is 4. The standard InChI is InChI=1S/C14H14F3N5O3S/c1-21-8-9(6-19-21)22-5-4-11(13(22)23)20-26(24,25)10-2-3-12(18-7-10)14(15,16)17/h2-3,6-8,11,20H,4-5H2,1H3/t11-/m1/s1. The van der Waals surface area contributed by atoms with Gasteiger partial charge in [-0.3, -0.25) is 14.5 Å². The smallest absolute Gasteiger partial charge is 0.308 e. The first kappa shape index (κ1) is 18.3. The fourth-order valence-electron chi connectivity index (χ4n) is 2.56. The quantitative estimate of drug-likeness (QED) is 0.839. The molecule has 8 nitrogen and oxygen atoms in total. The lowest BCUT2D eigenvalue weighted by Gasteiger charge is -2.15. The molecule has 1 aliphatic rings. The lowest BCUT2D eigenvalue weighted by molar-refractivity contribution is -0.141. The number of aromatic nitrogens is 3. The van der Waals surface area contributed by atoms with Crippen molar-refractivity contribution in [1.82, 2.24) is 19.5 Å². The third-order valence-electron chi connectivity index (χ3n) is 3.84. The highest BCUT2D eigenvalue weighted by Gasteiger charge is 2.37. The molecular formula is C14H14F3N5O3S. The van der Waals surface area contributed by atoms with Crippen LogP contribution < -0.4 is 9.62 Å². The van der Waals surface area contributed by atoms with E-state index < -0.39 is 38.7 Å². The van der Waals surface area contributed by atoms with Gasteiger partial charge in [0.2, 0.25) is 15.9 Å². The molecule has 26 heavy (non-hydrogen) atoms. The van der Waals surface area contributed by atoms with Gasteiger partial charge in [0.1, 0.15) is 16.6 Å². The van der Waals surface area contributed by atoms with Crippen molar-refractivity contribution in [3.8, 4) is 0 Å². The monoisotopic (exact) mass is 389 g/mol. The second-order valence-corrected chi connectivity index (χ2v) is 7.42. The van der Waals surface area contributed by atoms with Gasteiger partial charge in [-0.1, -0.05) is 0 Å². The number of pyridine rings is 1. The second kappa shape index (κ2) is 6.36. The number of alkyl halides is 3. The molecule has 0 saturated carbocycles. The summed E-state index contributed by atoms with van der Waals surface area (Å²) in [5, 5.41) is 3.95.